The van der Waals surface area contributed by atoms with Crippen molar-refractivity contribution in [2.75, 3.05) is 26.2 Å². The normalized spacial score (nSPS) is 14.1. The van der Waals surface area contributed by atoms with Crippen LogP contribution in [0, 0.1) is 0 Å². The number of carboxylic acid groups (broad SMARTS) is 2. The van der Waals surface area contributed by atoms with Crippen molar-refractivity contribution in [3.8, 4) is 0 Å². The molecule has 0 aliphatic carbocycles. The number of nitrogens with zero attached hydrogens (tertiary/aromatic N) is 2. The third-order valence-electron chi connectivity index (χ3n) is 4.93. The lowest BCUT2D eigenvalue weighted by Gasteiger charge is -2.34. The van der Waals surface area contributed by atoms with Gasteiger partial charge in [0, 0.05) is 55.4 Å². The first-order valence-corrected chi connectivity index (χ1v) is 9.53. The second-order valence-corrected chi connectivity index (χ2v) is 6.90. The van der Waals surface area contributed by atoms with Crippen LogP contribution in [0.3, 0.4) is 0 Å². The fourth-order valence-electron chi connectivity index (χ4n) is 3.38. The number of hydrogen-bond acceptors (Lipinski definition) is 4. The number of aromatic amines is 1. The number of para-hydroxylation sites is 1. The van der Waals surface area contributed by atoms with Crippen molar-refractivity contribution in [2.24, 2.45) is 0 Å². The summed E-state index contributed by atoms with van der Waals surface area (Å²) in [7, 11) is 0. The molecule has 8 heteroatoms. The van der Waals surface area contributed by atoms with Gasteiger partial charge in [0.1, 0.15) is 0 Å². The lowest BCUT2D eigenvalue weighted by molar-refractivity contribution is -0.159. The van der Waals surface area contributed by atoms with E-state index in [4.69, 9.17) is 19.8 Å². The molecule has 1 amide bonds. The van der Waals surface area contributed by atoms with E-state index in [2.05, 4.69) is 40.3 Å². The number of aromatic nitrogens is 1. The number of benzene rings is 2. The van der Waals surface area contributed by atoms with E-state index in [1.165, 1.54) is 16.5 Å². The highest BCUT2D eigenvalue weighted by atomic mass is 16.4. The van der Waals surface area contributed by atoms with Crippen molar-refractivity contribution in [2.45, 2.75) is 6.54 Å². The fourth-order valence-corrected chi connectivity index (χ4v) is 3.38. The van der Waals surface area contributed by atoms with Crippen LogP contribution in [0.1, 0.15) is 15.9 Å². The van der Waals surface area contributed by atoms with Crippen molar-refractivity contribution >= 4 is 28.7 Å². The van der Waals surface area contributed by atoms with Crippen LogP contribution in [0.15, 0.2) is 60.8 Å². The maximum atomic E-state index is 12.5. The molecule has 0 radical (unpaired) electrons. The summed E-state index contributed by atoms with van der Waals surface area (Å²) < 4.78 is 0. The Morgan fingerprint density at radius 2 is 1.43 bits per heavy atom. The van der Waals surface area contributed by atoms with Gasteiger partial charge in [-0.05, 0) is 23.8 Å². The zero-order valence-corrected chi connectivity index (χ0v) is 16.3. The van der Waals surface area contributed by atoms with Crippen LogP contribution in [0.5, 0.6) is 0 Å². The standard InChI is InChI=1S/C20H21N3O.C2H2O4/c24-20(16-6-2-1-3-7-16)23-12-10-22(11-13-23)15-17-14-21-19-9-5-4-8-18(17)19;3-1(4)2(5)6/h1-9,14,21H,10-13,15H2;(H,3,4)(H,5,6). The van der Waals surface area contributed by atoms with Gasteiger partial charge in [0.05, 0.1) is 0 Å². The van der Waals surface area contributed by atoms with Gasteiger partial charge in [-0.3, -0.25) is 9.69 Å². The van der Waals surface area contributed by atoms with Crippen molar-refractivity contribution in [3.63, 3.8) is 0 Å². The number of nitrogens with one attached hydrogen (secondary N) is 1. The Balaban J connectivity index is 0.000000377. The van der Waals surface area contributed by atoms with Crippen molar-refractivity contribution in [1.29, 1.82) is 0 Å². The second-order valence-electron chi connectivity index (χ2n) is 6.90. The molecule has 1 aromatic heterocycles. The van der Waals surface area contributed by atoms with Gasteiger partial charge in [-0.25, -0.2) is 9.59 Å². The minimum Gasteiger partial charge on any atom is -0.473 e. The Morgan fingerprint density at radius 3 is 2.07 bits per heavy atom. The number of carboxylic acids is 2. The summed E-state index contributed by atoms with van der Waals surface area (Å²) in [5.74, 6) is -3.51. The van der Waals surface area contributed by atoms with E-state index < -0.39 is 11.9 Å². The summed E-state index contributed by atoms with van der Waals surface area (Å²) in [5, 5.41) is 16.1. The zero-order valence-electron chi connectivity index (χ0n) is 16.3. The molecular formula is C22H23N3O5. The Labute approximate surface area is 173 Å². The molecule has 2 heterocycles. The molecule has 1 saturated heterocycles. The molecule has 3 aromatic rings. The van der Waals surface area contributed by atoms with Crippen LogP contribution in [0.4, 0.5) is 0 Å². The fraction of sp³-hybridized carbons (Fsp3) is 0.227. The summed E-state index contributed by atoms with van der Waals surface area (Å²) in [4.78, 5) is 38.4. The first-order chi connectivity index (χ1) is 14.5. The molecule has 3 N–H and O–H groups in total. The van der Waals surface area contributed by atoms with Crippen molar-refractivity contribution in [1.82, 2.24) is 14.8 Å². The van der Waals surface area contributed by atoms with E-state index in [9.17, 15) is 4.79 Å². The number of aliphatic carboxylic acids is 2. The minimum atomic E-state index is -1.82. The molecule has 0 saturated carbocycles. The van der Waals surface area contributed by atoms with Crippen LogP contribution in [-0.4, -0.2) is 69.0 Å². The predicted octanol–water partition coefficient (Wildman–Crippen LogP) is 2.28. The third-order valence-corrected chi connectivity index (χ3v) is 4.93. The quantitative estimate of drug-likeness (QED) is 0.572. The minimum absolute atomic E-state index is 0.141. The van der Waals surface area contributed by atoms with Gasteiger partial charge in [-0.15, -0.1) is 0 Å². The van der Waals surface area contributed by atoms with Gasteiger partial charge >= 0.3 is 11.9 Å². The first kappa shape index (κ1) is 21.1. The zero-order chi connectivity index (χ0) is 21.5. The highest BCUT2D eigenvalue weighted by molar-refractivity contribution is 6.27. The number of fused-ring (bicyclic) bond motifs is 1. The molecule has 0 unspecified atom stereocenters. The van der Waals surface area contributed by atoms with Crippen molar-refractivity contribution in [3.05, 3.63) is 71.9 Å². The number of carbonyl (C=O) groups is 3. The Hall–Kier alpha value is -3.65. The van der Waals surface area contributed by atoms with E-state index in [-0.39, 0.29) is 5.91 Å². The molecule has 8 nitrogen and oxygen atoms in total. The van der Waals surface area contributed by atoms with E-state index in [0.29, 0.717) is 0 Å². The van der Waals surface area contributed by atoms with Gasteiger partial charge in [0.15, 0.2) is 0 Å². The smallest absolute Gasteiger partial charge is 0.414 e. The van der Waals surface area contributed by atoms with Crippen LogP contribution in [-0.2, 0) is 16.1 Å². The van der Waals surface area contributed by atoms with E-state index >= 15 is 0 Å². The van der Waals surface area contributed by atoms with Crippen LogP contribution in [0.25, 0.3) is 10.9 Å². The Bertz CT molecular complexity index is 1010. The van der Waals surface area contributed by atoms with E-state index in [0.717, 1.165) is 38.3 Å². The maximum Gasteiger partial charge on any atom is 0.414 e. The molecule has 2 aromatic carbocycles. The van der Waals surface area contributed by atoms with E-state index in [1.807, 2.05) is 35.2 Å². The third kappa shape index (κ3) is 5.24. The Kier molecular flexibility index (Phi) is 6.82. The molecule has 0 bridgehead atoms. The highest BCUT2D eigenvalue weighted by Crippen LogP contribution is 2.20. The number of H-pyrrole nitrogens is 1. The summed E-state index contributed by atoms with van der Waals surface area (Å²) in [5.41, 5.74) is 3.29. The average Bonchev–Trinajstić information content (AvgIpc) is 3.18. The molecule has 0 atom stereocenters. The largest absolute Gasteiger partial charge is 0.473 e. The number of rotatable bonds is 3. The first-order valence-electron chi connectivity index (χ1n) is 9.53. The number of piperazine rings is 1. The average molecular weight is 409 g/mol. The lowest BCUT2D eigenvalue weighted by Crippen LogP contribution is -2.48. The van der Waals surface area contributed by atoms with Gasteiger partial charge in [0.2, 0.25) is 0 Å². The molecule has 1 fully saturated rings. The van der Waals surface area contributed by atoms with Gasteiger partial charge < -0.3 is 20.1 Å². The molecule has 30 heavy (non-hydrogen) atoms. The van der Waals surface area contributed by atoms with Gasteiger partial charge in [-0.2, -0.15) is 0 Å². The summed E-state index contributed by atoms with van der Waals surface area (Å²) >= 11 is 0. The van der Waals surface area contributed by atoms with E-state index in [1.54, 1.807) is 0 Å². The van der Waals surface area contributed by atoms with Crippen LogP contribution >= 0.6 is 0 Å². The number of amides is 1. The van der Waals surface area contributed by atoms with Crippen molar-refractivity contribution < 1.29 is 24.6 Å². The molecule has 156 valence electrons. The SMILES string of the molecule is O=C(O)C(=O)O.O=C(c1ccccc1)N1CCN(Cc2c[nH]c3ccccc23)CC1. The topological polar surface area (TPSA) is 114 Å². The van der Waals surface area contributed by atoms with Crippen LogP contribution in [0.2, 0.25) is 0 Å². The molecular weight excluding hydrogens is 386 g/mol. The summed E-state index contributed by atoms with van der Waals surface area (Å²) in [6.45, 7) is 4.33. The number of hydrogen-bond donors (Lipinski definition) is 3. The molecule has 1 aliphatic rings. The lowest BCUT2D eigenvalue weighted by atomic mass is 10.1. The maximum absolute atomic E-state index is 12.5. The predicted molar refractivity (Wildman–Crippen MR) is 111 cm³/mol. The highest BCUT2D eigenvalue weighted by Gasteiger charge is 2.22. The molecule has 1 aliphatic heterocycles. The number of carbonyl (C=O) groups excluding carboxylic acids is 1. The molecule has 4 rings (SSSR count). The Morgan fingerprint density at radius 1 is 0.833 bits per heavy atom. The summed E-state index contributed by atoms with van der Waals surface area (Å²) in [6.07, 6.45) is 2.10. The summed E-state index contributed by atoms with van der Waals surface area (Å²) in [6, 6.07) is 18.0. The van der Waals surface area contributed by atoms with Gasteiger partial charge in [-0.1, -0.05) is 36.4 Å². The van der Waals surface area contributed by atoms with Gasteiger partial charge in [0.25, 0.3) is 5.91 Å². The molecule has 0 spiro atoms. The second kappa shape index (κ2) is 9.71. The monoisotopic (exact) mass is 409 g/mol. The van der Waals surface area contributed by atoms with Crippen LogP contribution < -0.4 is 0 Å².